The summed E-state index contributed by atoms with van der Waals surface area (Å²) in [6.45, 7) is 1.86. The summed E-state index contributed by atoms with van der Waals surface area (Å²) in [5.74, 6) is -1.98. The van der Waals surface area contributed by atoms with Crippen molar-refractivity contribution in [3.8, 4) is 0 Å². The van der Waals surface area contributed by atoms with Crippen molar-refractivity contribution in [2.45, 2.75) is 6.92 Å². The summed E-state index contributed by atoms with van der Waals surface area (Å²) in [7, 11) is 0. The third-order valence-corrected chi connectivity index (χ3v) is 2.85. The molecule has 0 saturated heterocycles. The molecule has 0 saturated carbocycles. The summed E-state index contributed by atoms with van der Waals surface area (Å²) >= 11 is 1.32. The molecule has 2 N–H and O–H groups in total. The first-order chi connectivity index (χ1) is 8.54. The lowest BCUT2D eigenvalue weighted by Gasteiger charge is -2.05. The number of nitrogens with one attached hydrogen (secondary N) is 2. The van der Waals surface area contributed by atoms with E-state index in [1.807, 2.05) is 6.92 Å². The molecule has 1 heterocycles. The van der Waals surface area contributed by atoms with Gasteiger partial charge in [-0.15, -0.1) is 11.3 Å². The third kappa shape index (κ3) is 3.01. The van der Waals surface area contributed by atoms with Gasteiger partial charge in [0.1, 0.15) is 0 Å². The average molecular weight is 269 g/mol. The number of benzene rings is 1. The molecule has 4 nitrogen and oxygen atoms in total. The minimum atomic E-state index is -1.02. The summed E-state index contributed by atoms with van der Waals surface area (Å²) in [5, 5.41) is 5.30. The van der Waals surface area contributed by atoms with E-state index in [9.17, 15) is 13.6 Å². The zero-order chi connectivity index (χ0) is 13.1. The molecule has 18 heavy (non-hydrogen) atoms. The van der Waals surface area contributed by atoms with Crippen molar-refractivity contribution in [1.82, 2.24) is 4.98 Å². The SMILES string of the molecule is Cc1cnc(NC(=O)Nc2ccc(F)c(F)c2)s1. The van der Waals surface area contributed by atoms with E-state index in [0.717, 1.165) is 17.0 Å². The predicted octanol–water partition coefficient (Wildman–Crippen LogP) is 3.37. The van der Waals surface area contributed by atoms with Crippen molar-refractivity contribution in [2.24, 2.45) is 0 Å². The van der Waals surface area contributed by atoms with E-state index in [0.29, 0.717) is 5.13 Å². The number of aryl methyl sites for hydroxylation is 1. The quantitative estimate of drug-likeness (QED) is 0.878. The van der Waals surface area contributed by atoms with Gasteiger partial charge in [-0.2, -0.15) is 0 Å². The molecule has 7 heteroatoms. The number of anilines is 2. The Balaban J connectivity index is 2.00. The van der Waals surface area contributed by atoms with Crippen LogP contribution in [0, 0.1) is 18.6 Å². The van der Waals surface area contributed by atoms with Crippen LogP contribution in [0.25, 0.3) is 0 Å². The summed E-state index contributed by atoms with van der Waals surface area (Å²) in [6.07, 6.45) is 1.62. The van der Waals surface area contributed by atoms with Crippen molar-refractivity contribution in [1.29, 1.82) is 0 Å². The lowest BCUT2D eigenvalue weighted by atomic mass is 10.3. The number of carbonyl (C=O) groups excluding carboxylic acids is 1. The minimum Gasteiger partial charge on any atom is -0.308 e. The first-order valence-electron chi connectivity index (χ1n) is 5.00. The number of nitrogens with zero attached hydrogens (tertiary/aromatic N) is 1. The number of thiazole rings is 1. The highest BCUT2D eigenvalue weighted by molar-refractivity contribution is 7.15. The summed E-state index contributed by atoms with van der Waals surface area (Å²) in [5.41, 5.74) is 0.166. The van der Waals surface area contributed by atoms with Gasteiger partial charge in [0.15, 0.2) is 16.8 Å². The van der Waals surface area contributed by atoms with E-state index in [1.54, 1.807) is 6.20 Å². The van der Waals surface area contributed by atoms with Gasteiger partial charge in [0.2, 0.25) is 0 Å². The smallest absolute Gasteiger partial charge is 0.308 e. The molecule has 0 aliphatic heterocycles. The molecule has 0 atom stereocenters. The second kappa shape index (κ2) is 5.09. The van der Waals surface area contributed by atoms with Crippen LogP contribution >= 0.6 is 11.3 Å². The predicted molar refractivity (Wildman–Crippen MR) is 65.9 cm³/mol. The van der Waals surface area contributed by atoms with Gasteiger partial charge in [0.25, 0.3) is 0 Å². The molecule has 0 unspecified atom stereocenters. The number of amides is 2. The van der Waals surface area contributed by atoms with Crippen molar-refractivity contribution in [3.05, 3.63) is 40.9 Å². The number of hydrogen-bond donors (Lipinski definition) is 2. The lowest BCUT2D eigenvalue weighted by Crippen LogP contribution is -2.19. The van der Waals surface area contributed by atoms with E-state index in [1.165, 1.54) is 17.4 Å². The Morgan fingerprint density at radius 3 is 2.67 bits per heavy atom. The fraction of sp³-hybridized carbons (Fsp3) is 0.0909. The maximum atomic E-state index is 12.9. The number of urea groups is 1. The first-order valence-corrected chi connectivity index (χ1v) is 5.82. The second-order valence-electron chi connectivity index (χ2n) is 3.48. The number of hydrogen-bond acceptors (Lipinski definition) is 3. The van der Waals surface area contributed by atoms with Gasteiger partial charge in [0.05, 0.1) is 0 Å². The van der Waals surface area contributed by atoms with Crippen LogP contribution in [0.5, 0.6) is 0 Å². The van der Waals surface area contributed by atoms with Crippen LogP contribution in [0.2, 0.25) is 0 Å². The number of halogens is 2. The molecule has 0 bridgehead atoms. The fourth-order valence-corrected chi connectivity index (χ4v) is 1.91. The monoisotopic (exact) mass is 269 g/mol. The van der Waals surface area contributed by atoms with E-state index in [4.69, 9.17) is 0 Å². The fourth-order valence-electron chi connectivity index (χ4n) is 1.25. The van der Waals surface area contributed by atoms with Crippen molar-refractivity contribution in [2.75, 3.05) is 10.6 Å². The van der Waals surface area contributed by atoms with Crippen LogP contribution in [-0.4, -0.2) is 11.0 Å². The summed E-state index contributed by atoms with van der Waals surface area (Å²) in [4.78, 5) is 16.4. The van der Waals surface area contributed by atoms with E-state index in [2.05, 4.69) is 15.6 Å². The second-order valence-corrected chi connectivity index (χ2v) is 4.72. The lowest BCUT2D eigenvalue weighted by molar-refractivity contribution is 0.262. The van der Waals surface area contributed by atoms with Gasteiger partial charge in [-0.1, -0.05) is 0 Å². The van der Waals surface area contributed by atoms with Crippen LogP contribution in [0.1, 0.15) is 4.88 Å². The highest BCUT2D eigenvalue weighted by atomic mass is 32.1. The molecule has 1 aromatic heterocycles. The Hall–Kier alpha value is -2.02. The molecule has 2 amide bonds. The van der Waals surface area contributed by atoms with Gasteiger partial charge in [0, 0.05) is 22.8 Å². The average Bonchev–Trinajstić information content (AvgIpc) is 2.69. The maximum Gasteiger partial charge on any atom is 0.325 e. The molecule has 0 aliphatic rings. The van der Waals surface area contributed by atoms with Crippen molar-refractivity contribution in [3.63, 3.8) is 0 Å². The van der Waals surface area contributed by atoms with Crippen LogP contribution in [0.3, 0.4) is 0 Å². The minimum absolute atomic E-state index is 0.166. The number of carbonyl (C=O) groups is 1. The number of rotatable bonds is 2. The molecule has 0 radical (unpaired) electrons. The van der Waals surface area contributed by atoms with Crippen molar-refractivity contribution >= 4 is 28.2 Å². The molecular weight excluding hydrogens is 260 g/mol. The Kier molecular flexibility index (Phi) is 3.52. The van der Waals surface area contributed by atoms with Gasteiger partial charge in [-0.3, -0.25) is 5.32 Å². The zero-order valence-corrected chi connectivity index (χ0v) is 10.1. The highest BCUT2D eigenvalue weighted by Gasteiger charge is 2.07. The Labute approximate surface area is 106 Å². The van der Waals surface area contributed by atoms with E-state index in [-0.39, 0.29) is 5.69 Å². The molecule has 1 aromatic carbocycles. The van der Waals surface area contributed by atoms with Gasteiger partial charge in [-0.05, 0) is 19.1 Å². The molecule has 94 valence electrons. The molecule has 2 aromatic rings. The zero-order valence-electron chi connectivity index (χ0n) is 9.33. The van der Waals surface area contributed by atoms with E-state index < -0.39 is 17.7 Å². The Morgan fingerprint density at radius 1 is 1.28 bits per heavy atom. The maximum absolute atomic E-state index is 12.9. The normalized spacial score (nSPS) is 10.2. The number of aromatic nitrogens is 1. The molecule has 0 fully saturated rings. The van der Waals surface area contributed by atoms with Gasteiger partial charge < -0.3 is 5.32 Å². The van der Waals surface area contributed by atoms with Crippen molar-refractivity contribution < 1.29 is 13.6 Å². The molecular formula is C11H9F2N3OS. The highest BCUT2D eigenvalue weighted by Crippen LogP contribution is 2.17. The van der Waals surface area contributed by atoms with Crippen LogP contribution < -0.4 is 10.6 Å². The van der Waals surface area contributed by atoms with Gasteiger partial charge >= 0.3 is 6.03 Å². The standard InChI is InChI=1S/C11H9F2N3OS/c1-6-5-14-11(18-6)16-10(17)15-7-2-3-8(12)9(13)4-7/h2-5H,1H3,(H2,14,15,16,17). The molecule has 2 rings (SSSR count). The Morgan fingerprint density at radius 2 is 2.06 bits per heavy atom. The third-order valence-electron chi connectivity index (χ3n) is 2.02. The molecule has 0 spiro atoms. The topological polar surface area (TPSA) is 54.0 Å². The largest absolute Gasteiger partial charge is 0.325 e. The first kappa shape index (κ1) is 12.4. The van der Waals surface area contributed by atoms with Crippen LogP contribution in [0.4, 0.5) is 24.4 Å². The van der Waals surface area contributed by atoms with E-state index >= 15 is 0 Å². The van der Waals surface area contributed by atoms with Crippen LogP contribution in [0.15, 0.2) is 24.4 Å². The summed E-state index contributed by atoms with van der Waals surface area (Å²) < 4.78 is 25.6. The Bertz CT molecular complexity index is 585. The summed E-state index contributed by atoms with van der Waals surface area (Å²) in [6, 6.07) is 2.56. The van der Waals surface area contributed by atoms with Gasteiger partial charge in [-0.25, -0.2) is 18.6 Å². The van der Waals surface area contributed by atoms with Crippen LogP contribution in [-0.2, 0) is 0 Å². The molecule has 0 aliphatic carbocycles.